The van der Waals surface area contributed by atoms with Gasteiger partial charge >= 0.3 is 5.97 Å². The van der Waals surface area contributed by atoms with Gasteiger partial charge in [-0.3, -0.25) is 9.59 Å². The van der Waals surface area contributed by atoms with Crippen LogP contribution < -0.4 is 15.6 Å². The fourth-order valence-electron chi connectivity index (χ4n) is 2.26. The monoisotopic (exact) mass is 344 g/mol. The number of ether oxygens (including phenoxy) is 1. The molecule has 3 N–H and O–H groups in total. The topological polar surface area (TPSA) is 108 Å². The van der Waals surface area contributed by atoms with E-state index in [0.29, 0.717) is 29.5 Å². The highest BCUT2D eigenvalue weighted by atomic mass is 16.5. The number of hydrogen-bond donors (Lipinski definition) is 3. The number of aromatic nitrogens is 1. The van der Waals surface area contributed by atoms with E-state index in [1.54, 1.807) is 30.3 Å². The lowest BCUT2D eigenvalue weighted by molar-refractivity contribution is -0.139. The fourth-order valence-corrected chi connectivity index (χ4v) is 2.26. The van der Waals surface area contributed by atoms with Crippen molar-refractivity contribution in [1.82, 2.24) is 4.98 Å². The number of amides is 1. The van der Waals surface area contributed by atoms with Gasteiger partial charge in [0.05, 0.1) is 0 Å². The molecule has 0 spiro atoms. The van der Waals surface area contributed by atoms with Crippen LogP contribution in [-0.4, -0.2) is 28.6 Å². The number of nitrogens with one attached hydrogen (secondary N) is 2. The van der Waals surface area contributed by atoms with Crippen LogP contribution in [-0.2, 0) is 11.2 Å². The third-order valence-corrected chi connectivity index (χ3v) is 3.26. The second-order valence-corrected chi connectivity index (χ2v) is 6.02. The zero-order valence-corrected chi connectivity index (χ0v) is 14.0. The van der Waals surface area contributed by atoms with Crippen molar-refractivity contribution in [1.29, 1.82) is 0 Å². The first kappa shape index (κ1) is 18.3. The van der Waals surface area contributed by atoms with Crippen molar-refractivity contribution >= 4 is 17.6 Å². The summed E-state index contributed by atoms with van der Waals surface area (Å²) in [6.45, 7) is 3.62. The minimum Gasteiger partial charge on any atom is -0.482 e. The van der Waals surface area contributed by atoms with E-state index in [1.165, 1.54) is 6.07 Å². The minimum absolute atomic E-state index is 0.283. The van der Waals surface area contributed by atoms with Crippen molar-refractivity contribution in [3.63, 3.8) is 0 Å². The van der Waals surface area contributed by atoms with E-state index in [-0.39, 0.29) is 11.1 Å². The highest BCUT2D eigenvalue weighted by Crippen LogP contribution is 2.16. The first-order chi connectivity index (χ1) is 11.8. The van der Waals surface area contributed by atoms with Crippen LogP contribution in [0, 0.1) is 5.92 Å². The van der Waals surface area contributed by atoms with Gasteiger partial charge in [-0.15, -0.1) is 0 Å². The zero-order valence-electron chi connectivity index (χ0n) is 14.0. The van der Waals surface area contributed by atoms with Crippen molar-refractivity contribution in [2.75, 3.05) is 11.9 Å². The van der Waals surface area contributed by atoms with E-state index in [0.717, 1.165) is 0 Å². The van der Waals surface area contributed by atoms with E-state index >= 15 is 0 Å². The number of aliphatic carboxylic acids is 1. The van der Waals surface area contributed by atoms with Crippen molar-refractivity contribution in [3.05, 3.63) is 58.0 Å². The van der Waals surface area contributed by atoms with Crippen LogP contribution in [0.5, 0.6) is 5.75 Å². The van der Waals surface area contributed by atoms with Gasteiger partial charge in [-0.25, -0.2) is 4.79 Å². The van der Waals surface area contributed by atoms with E-state index in [9.17, 15) is 14.4 Å². The van der Waals surface area contributed by atoms with Crippen LogP contribution in [0.25, 0.3) is 0 Å². The Bertz CT molecular complexity index is 809. The lowest BCUT2D eigenvalue weighted by Gasteiger charge is -2.09. The highest BCUT2D eigenvalue weighted by Gasteiger charge is 2.10. The second-order valence-electron chi connectivity index (χ2n) is 6.02. The number of rotatable bonds is 7. The largest absolute Gasteiger partial charge is 0.482 e. The maximum Gasteiger partial charge on any atom is 0.341 e. The highest BCUT2D eigenvalue weighted by molar-refractivity contribution is 6.04. The molecule has 25 heavy (non-hydrogen) atoms. The predicted molar refractivity (Wildman–Crippen MR) is 93.1 cm³/mol. The predicted octanol–water partition coefficient (Wildman–Crippen LogP) is 2.29. The van der Waals surface area contributed by atoms with Gasteiger partial charge in [0, 0.05) is 23.0 Å². The molecular formula is C18H20N2O5. The molecule has 0 fully saturated rings. The SMILES string of the molecule is CC(C)Cc1cc(C(=O)Nc2ccc(OCC(=O)O)cc2)cc(=O)[nH]1. The molecule has 132 valence electrons. The van der Waals surface area contributed by atoms with Crippen LogP contribution in [0.15, 0.2) is 41.2 Å². The van der Waals surface area contributed by atoms with Gasteiger partial charge in [0.2, 0.25) is 5.56 Å². The Balaban J connectivity index is 2.07. The summed E-state index contributed by atoms with van der Waals surface area (Å²) in [5.41, 5.74) is 1.19. The van der Waals surface area contributed by atoms with Gasteiger partial charge in [0.25, 0.3) is 5.91 Å². The summed E-state index contributed by atoms with van der Waals surface area (Å²) in [4.78, 5) is 37.2. The third kappa shape index (κ3) is 5.80. The summed E-state index contributed by atoms with van der Waals surface area (Å²) in [7, 11) is 0. The lowest BCUT2D eigenvalue weighted by atomic mass is 10.1. The third-order valence-electron chi connectivity index (χ3n) is 3.26. The van der Waals surface area contributed by atoms with Crippen LogP contribution >= 0.6 is 0 Å². The Morgan fingerprint density at radius 1 is 1.20 bits per heavy atom. The number of carbonyl (C=O) groups excluding carboxylic acids is 1. The molecule has 0 unspecified atom stereocenters. The Hall–Kier alpha value is -3.09. The van der Waals surface area contributed by atoms with E-state index < -0.39 is 18.5 Å². The summed E-state index contributed by atoms with van der Waals surface area (Å²) < 4.78 is 5.02. The Labute approximate surface area is 144 Å². The maximum absolute atomic E-state index is 12.3. The molecule has 2 aromatic rings. The van der Waals surface area contributed by atoms with Crippen molar-refractivity contribution < 1.29 is 19.4 Å². The van der Waals surface area contributed by atoms with Crippen molar-refractivity contribution in [2.24, 2.45) is 5.92 Å². The molecule has 0 aliphatic carbocycles. The molecular weight excluding hydrogens is 324 g/mol. The molecule has 0 saturated heterocycles. The molecule has 1 aromatic carbocycles. The molecule has 7 heteroatoms. The van der Waals surface area contributed by atoms with Gasteiger partial charge in [0.15, 0.2) is 6.61 Å². The zero-order chi connectivity index (χ0) is 18.4. The van der Waals surface area contributed by atoms with Crippen LogP contribution in [0.2, 0.25) is 0 Å². The summed E-state index contributed by atoms with van der Waals surface area (Å²) in [5, 5.41) is 11.3. The summed E-state index contributed by atoms with van der Waals surface area (Å²) in [5.74, 6) is -0.720. The van der Waals surface area contributed by atoms with Gasteiger partial charge < -0.3 is 20.1 Å². The lowest BCUT2D eigenvalue weighted by Crippen LogP contribution is -2.18. The molecule has 1 amide bonds. The number of pyridine rings is 1. The number of carboxylic acid groups (broad SMARTS) is 1. The molecule has 1 aromatic heterocycles. The molecule has 2 rings (SSSR count). The van der Waals surface area contributed by atoms with E-state index in [2.05, 4.69) is 10.3 Å². The number of benzene rings is 1. The molecule has 0 atom stereocenters. The average Bonchev–Trinajstić information content (AvgIpc) is 2.53. The van der Waals surface area contributed by atoms with Crippen molar-refractivity contribution in [3.8, 4) is 5.75 Å². The van der Waals surface area contributed by atoms with E-state index in [1.807, 2.05) is 13.8 Å². The first-order valence-electron chi connectivity index (χ1n) is 7.82. The minimum atomic E-state index is -1.07. The van der Waals surface area contributed by atoms with Gasteiger partial charge in [-0.2, -0.15) is 0 Å². The standard InChI is InChI=1S/C18H20N2O5/c1-11(2)7-14-8-12(9-16(21)19-14)18(24)20-13-3-5-15(6-4-13)25-10-17(22)23/h3-6,8-9,11H,7,10H2,1-2H3,(H,19,21)(H,20,24)(H,22,23). The number of carboxylic acids is 1. The molecule has 0 aliphatic rings. The summed E-state index contributed by atoms with van der Waals surface area (Å²) >= 11 is 0. The molecule has 0 radical (unpaired) electrons. The number of carbonyl (C=O) groups is 2. The van der Waals surface area contributed by atoms with E-state index in [4.69, 9.17) is 9.84 Å². The quantitative estimate of drug-likeness (QED) is 0.714. The summed E-state index contributed by atoms with van der Waals surface area (Å²) in [6, 6.07) is 9.22. The maximum atomic E-state index is 12.3. The number of anilines is 1. The number of H-pyrrole nitrogens is 1. The number of aromatic amines is 1. The molecule has 0 aliphatic heterocycles. The fraction of sp³-hybridized carbons (Fsp3) is 0.278. The Morgan fingerprint density at radius 3 is 2.48 bits per heavy atom. The smallest absolute Gasteiger partial charge is 0.341 e. The van der Waals surface area contributed by atoms with Gasteiger partial charge in [-0.1, -0.05) is 13.8 Å². The first-order valence-corrected chi connectivity index (χ1v) is 7.82. The Morgan fingerprint density at radius 2 is 1.88 bits per heavy atom. The Kier molecular flexibility index (Phi) is 5.94. The second kappa shape index (κ2) is 8.14. The van der Waals surface area contributed by atoms with Crippen LogP contribution in [0.1, 0.15) is 29.9 Å². The molecule has 7 nitrogen and oxygen atoms in total. The van der Waals surface area contributed by atoms with Gasteiger partial charge in [-0.05, 0) is 42.7 Å². The molecule has 0 saturated carbocycles. The summed E-state index contributed by atoms with van der Waals surface area (Å²) in [6.07, 6.45) is 0.673. The average molecular weight is 344 g/mol. The van der Waals surface area contributed by atoms with Crippen LogP contribution in [0.4, 0.5) is 5.69 Å². The van der Waals surface area contributed by atoms with Gasteiger partial charge in [0.1, 0.15) is 5.75 Å². The molecule has 1 heterocycles. The number of hydrogen-bond acceptors (Lipinski definition) is 4. The van der Waals surface area contributed by atoms with Crippen LogP contribution in [0.3, 0.4) is 0 Å². The normalized spacial score (nSPS) is 10.5. The van der Waals surface area contributed by atoms with Crippen molar-refractivity contribution in [2.45, 2.75) is 20.3 Å². The molecule has 0 bridgehead atoms.